The van der Waals surface area contributed by atoms with Crippen LogP contribution in [0.5, 0.6) is 0 Å². The Morgan fingerprint density at radius 3 is 2.62 bits per heavy atom. The van der Waals surface area contributed by atoms with Crippen molar-refractivity contribution >= 4 is 11.5 Å². The molecule has 2 heterocycles. The van der Waals surface area contributed by atoms with Crippen molar-refractivity contribution in [3.8, 4) is 11.4 Å². The SMILES string of the molecule is CC(C)(C)[C@@H](O)CNc1ccc2nnc(-c3ccccc3F)n2n1. The van der Waals surface area contributed by atoms with Gasteiger partial charge in [0, 0.05) is 6.54 Å². The number of benzene rings is 1. The third kappa shape index (κ3) is 3.21. The van der Waals surface area contributed by atoms with E-state index in [2.05, 4.69) is 20.6 Å². The summed E-state index contributed by atoms with van der Waals surface area (Å²) in [6.07, 6.45) is -0.526. The Labute approximate surface area is 139 Å². The molecule has 3 rings (SSSR count). The second-order valence-electron chi connectivity index (χ2n) is 6.75. The average molecular weight is 329 g/mol. The van der Waals surface area contributed by atoms with Crippen LogP contribution >= 0.6 is 0 Å². The first-order valence-corrected chi connectivity index (χ1v) is 7.75. The first kappa shape index (κ1) is 16.3. The fourth-order valence-corrected chi connectivity index (χ4v) is 2.20. The number of aliphatic hydroxyl groups is 1. The number of fused-ring (bicyclic) bond motifs is 1. The molecule has 24 heavy (non-hydrogen) atoms. The highest BCUT2D eigenvalue weighted by atomic mass is 19.1. The van der Waals surface area contributed by atoms with Crippen molar-refractivity contribution in [1.29, 1.82) is 0 Å². The molecule has 1 atom stereocenters. The molecule has 2 N–H and O–H groups in total. The van der Waals surface area contributed by atoms with Crippen LogP contribution in [-0.2, 0) is 0 Å². The predicted octanol–water partition coefficient (Wildman–Crippen LogP) is 2.75. The van der Waals surface area contributed by atoms with Crippen molar-refractivity contribution in [2.24, 2.45) is 5.41 Å². The molecular weight excluding hydrogens is 309 g/mol. The van der Waals surface area contributed by atoms with Gasteiger partial charge >= 0.3 is 0 Å². The fourth-order valence-electron chi connectivity index (χ4n) is 2.20. The quantitative estimate of drug-likeness (QED) is 0.770. The maximum Gasteiger partial charge on any atom is 0.188 e. The van der Waals surface area contributed by atoms with Gasteiger partial charge in [0.25, 0.3) is 0 Å². The Morgan fingerprint density at radius 2 is 1.92 bits per heavy atom. The summed E-state index contributed by atoms with van der Waals surface area (Å²) in [5, 5.41) is 25.7. The summed E-state index contributed by atoms with van der Waals surface area (Å²) < 4.78 is 15.5. The number of hydrogen-bond donors (Lipinski definition) is 2. The van der Waals surface area contributed by atoms with Crippen LogP contribution < -0.4 is 5.32 Å². The molecule has 7 heteroatoms. The highest BCUT2D eigenvalue weighted by Gasteiger charge is 2.22. The van der Waals surface area contributed by atoms with Crippen LogP contribution in [0, 0.1) is 11.2 Å². The number of aromatic nitrogens is 4. The number of halogens is 1. The van der Waals surface area contributed by atoms with Gasteiger partial charge in [0.1, 0.15) is 11.6 Å². The summed E-state index contributed by atoms with van der Waals surface area (Å²) in [4.78, 5) is 0. The molecule has 126 valence electrons. The largest absolute Gasteiger partial charge is 0.391 e. The molecule has 0 unspecified atom stereocenters. The van der Waals surface area contributed by atoms with E-state index < -0.39 is 6.10 Å². The van der Waals surface area contributed by atoms with Crippen molar-refractivity contribution in [3.05, 3.63) is 42.2 Å². The molecule has 0 saturated heterocycles. The lowest BCUT2D eigenvalue weighted by atomic mass is 9.89. The van der Waals surface area contributed by atoms with Crippen LogP contribution in [0.1, 0.15) is 20.8 Å². The van der Waals surface area contributed by atoms with E-state index in [1.54, 1.807) is 30.3 Å². The van der Waals surface area contributed by atoms with Crippen LogP contribution in [0.3, 0.4) is 0 Å². The highest BCUT2D eigenvalue weighted by molar-refractivity contribution is 5.60. The Balaban J connectivity index is 1.91. The van der Waals surface area contributed by atoms with Gasteiger partial charge in [-0.3, -0.25) is 0 Å². The van der Waals surface area contributed by atoms with E-state index in [1.165, 1.54) is 10.6 Å². The van der Waals surface area contributed by atoms with Crippen LogP contribution in [0.4, 0.5) is 10.2 Å². The van der Waals surface area contributed by atoms with Gasteiger partial charge in [-0.15, -0.1) is 15.3 Å². The average Bonchev–Trinajstić information content (AvgIpc) is 2.95. The van der Waals surface area contributed by atoms with Gasteiger partial charge in [-0.05, 0) is 29.7 Å². The van der Waals surface area contributed by atoms with Crippen LogP contribution in [0.2, 0.25) is 0 Å². The fraction of sp³-hybridized carbons (Fsp3) is 0.353. The Kier molecular flexibility index (Phi) is 4.19. The molecule has 0 fully saturated rings. The molecule has 0 aliphatic heterocycles. The molecule has 0 spiro atoms. The van der Waals surface area contributed by atoms with Gasteiger partial charge in [-0.1, -0.05) is 32.9 Å². The van der Waals surface area contributed by atoms with Crippen molar-refractivity contribution in [2.75, 3.05) is 11.9 Å². The summed E-state index contributed by atoms with van der Waals surface area (Å²) in [6, 6.07) is 9.87. The molecule has 3 aromatic rings. The van der Waals surface area contributed by atoms with Gasteiger partial charge < -0.3 is 10.4 Å². The summed E-state index contributed by atoms with van der Waals surface area (Å²) >= 11 is 0. The minimum atomic E-state index is -0.526. The Bertz CT molecular complexity index is 856. The zero-order valence-corrected chi connectivity index (χ0v) is 13.9. The van der Waals surface area contributed by atoms with Crippen LogP contribution in [0.15, 0.2) is 36.4 Å². The van der Waals surface area contributed by atoms with E-state index in [9.17, 15) is 9.50 Å². The van der Waals surface area contributed by atoms with Crippen LogP contribution in [0.25, 0.3) is 17.0 Å². The molecule has 0 aliphatic carbocycles. The molecule has 2 aromatic heterocycles. The number of nitrogens with one attached hydrogen (secondary N) is 1. The second kappa shape index (κ2) is 6.16. The summed E-state index contributed by atoms with van der Waals surface area (Å²) in [5.74, 6) is 0.515. The lowest BCUT2D eigenvalue weighted by molar-refractivity contribution is 0.0745. The summed E-state index contributed by atoms with van der Waals surface area (Å²) in [5.41, 5.74) is 0.631. The maximum atomic E-state index is 14.0. The maximum absolute atomic E-state index is 14.0. The van der Waals surface area contributed by atoms with Gasteiger partial charge in [0.2, 0.25) is 0 Å². The Morgan fingerprint density at radius 1 is 1.17 bits per heavy atom. The van der Waals surface area contributed by atoms with Crippen molar-refractivity contribution in [1.82, 2.24) is 19.8 Å². The summed E-state index contributed by atoms with van der Waals surface area (Å²) in [6.45, 7) is 6.25. The van der Waals surface area contributed by atoms with Gasteiger partial charge in [0.05, 0.1) is 11.7 Å². The third-order valence-electron chi connectivity index (χ3n) is 3.85. The van der Waals surface area contributed by atoms with E-state index in [-0.39, 0.29) is 11.2 Å². The molecule has 0 amide bonds. The van der Waals surface area contributed by atoms with Gasteiger partial charge in [-0.2, -0.15) is 4.52 Å². The molecule has 0 bridgehead atoms. The van der Waals surface area contributed by atoms with Gasteiger partial charge in [0.15, 0.2) is 11.5 Å². The topological polar surface area (TPSA) is 75.3 Å². The smallest absolute Gasteiger partial charge is 0.188 e. The van der Waals surface area contributed by atoms with E-state index in [0.29, 0.717) is 29.4 Å². The zero-order chi connectivity index (χ0) is 17.3. The first-order chi connectivity index (χ1) is 11.4. The molecule has 1 aromatic carbocycles. The molecule has 0 aliphatic rings. The van der Waals surface area contributed by atoms with Crippen LogP contribution in [-0.4, -0.2) is 37.6 Å². The molecule has 0 radical (unpaired) electrons. The molecule has 0 saturated carbocycles. The summed E-state index contributed by atoms with van der Waals surface area (Å²) in [7, 11) is 0. The van der Waals surface area contributed by atoms with E-state index in [4.69, 9.17) is 0 Å². The number of anilines is 1. The van der Waals surface area contributed by atoms with Crippen molar-refractivity contribution < 1.29 is 9.50 Å². The second-order valence-corrected chi connectivity index (χ2v) is 6.75. The van der Waals surface area contributed by atoms with E-state index in [1.807, 2.05) is 20.8 Å². The number of rotatable bonds is 4. The van der Waals surface area contributed by atoms with Gasteiger partial charge in [-0.25, -0.2) is 4.39 Å². The van der Waals surface area contributed by atoms with Crippen molar-refractivity contribution in [3.63, 3.8) is 0 Å². The Hall–Kier alpha value is -2.54. The molecular formula is C17H20FN5O. The first-order valence-electron chi connectivity index (χ1n) is 7.75. The minimum Gasteiger partial charge on any atom is -0.391 e. The van der Waals surface area contributed by atoms with E-state index in [0.717, 1.165) is 0 Å². The minimum absolute atomic E-state index is 0.230. The lowest BCUT2D eigenvalue weighted by Gasteiger charge is -2.26. The monoisotopic (exact) mass is 329 g/mol. The number of hydrogen-bond acceptors (Lipinski definition) is 5. The normalized spacial score (nSPS) is 13.2. The standard InChI is InChI=1S/C17H20FN5O/c1-17(2,3)13(24)10-19-14-8-9-15-20-21-16(23(15)22-14)11-6-4-5-7-12(11)18/h4-9,13,24H,10H2,1-3H3,(H,19,22)/t13-/m0/s1. The third-order valence-corrected chi connectivity index (χ3v) is 3.85. The highest BCUT2D eigenvalue weighted by Crippen LogP contribution is 2.22. The van der Waals surface area contributed by atoms with Crippen molar-refractivity contribution in [2.45, 2.75) is 26.9 Å². The number of nitrogens with zero attached hydrogens (tertiary/aromatic N) is 4. The van der Waals surface area contributed by atoms with E-state index >= 15 is 0 Å². The predicted molar refractivity (Wildman–Crippen MR) is 90.1 cm³/mol. The lowest BCUT2D eigenvalue weighted by Crippen LogP contribution is -2.33. The number of aliphatic hydroxyl groups excluding tert-OH is 1. The molecule has 6 nitrogen and oxygen atoms in total. The zero-order valence-electron chi connectivity index (χ0n) is 13.9.